The van der Waals surface area contributed by atoms with Gasteiger partial charge in [0.15, 0.2) is 29.2 Å². The van der Waals surface area contributed by atoms with Gasteiger partial charge in [-0.2, -0.15) is 0 Å². The molecule has 9 heteroatoms. The number of fused-ring (bicyclic) bond motifs is 2. The van der Waals surface area contributed by atoms with Gasteiger partial charge in [-0.15, -0.1) is 0 Å². The zero-order valence-electron chi connectivity index (χ0n) is 14.5. The van der Waals surface area contributed by atoms with E-state index in [2.05, 4.69) is 15.3 Å². The first kappa shape index (κ1) is 17.2. The van der Waals surface area contributed by atoms with Crippen LogP contribution in [0.5, 0.6) is 5.75 Å². The molecule has 3 aliphatic heterocycles. The van der Waals surface area contributed by atoms with Crippen molar-refractivity contribution in [1.82, 2.24) is 9.88 Å². The van der Waals surface area contributed by atoms with Crippen molar-refractivity contribution in [3.63, 3.8) is 0 Å². The number of carbonyl (C=O) groups excluding carboxylic acids is 1. The number of hydrogen-bond acceptors (Lipinski definition) is 6. The summed E-state index contributed by atoms with van der Waals surface area (Å²) >= 11 is 1.51. The number of benzene rings is 1. The van der Waals surface area contributed by atoms with Gasteiger partial charge in [-0.3, -0.25) is 9.79 Å². The molecule has 0 spiro atoms. The van der Waals surface area contributed by atoms with Gasteiger partial charge in [0.1, 0.15) is 5.82 Å². The average Bonchev–Trinajstić information content (AvgIpc) is 3.14. The van der Waals surface area contributed by atoms with Crippen LogP contribution in [-0.2, 0) is 4.79 Å². The largest absolute Gasteiger partial charge is 0.477 e. The lowest BCUT2D eigenvalue weighted by molar-refractivity contribution is -0.118. The lowest BCUT2D eigenvalue weighted by Crippen LogP contribution is -2.28. The number of amides is 1. The van der Waals surface area contributed by atoms with Crippen LogP contribution >= 0.6 is 11.8 Å². The predicted octanol–water partition coefficient (Wildman–Crippen LogP) is 3.19. The van der Waals surface area contributed by atoms with Gasteiger partial charge < -0.3 is 15.0 Å². The maximum absolute atomic E-state index is 14.6. The number of halogens is 2. The Morgan fingerprint density at radius 3 is 2.89 bits per heavy atom. The molecule has 1 aromatic carbocycles. The van der Waals surface area contributed by atoms with E-state index in [9.17, 15) is 13.6 Å². The highest BCUT2D eigenvalue weighted by molar-refractivity contribution is 8.14. The molecule has 28 heavy (non-hydrogen) atoms. The fourth-order valence-electron chi connectivity index (χ4n) is 3.33. The molecule has 1 unspecified atom stereocenters. The minimum absolute atomic E-state index is 0.0610. The SMILES string of the molecule is O=C1COc2c(F)cc(C3=CN4CCN=C4SC3c3ccc(F)cc3)nc2N1. The lowest BCUT2D eigenvalue weighted by Gasteiger charge is -2.30. The molecule has 0 aliphatic carbocycles. The number of aliphatic imine (C=N–C) groups is 1. The molecule has 142 valence electrons. The molecule has 2 aromatic rings. The van der Waals surface area contributed by atoms with Crippen molar-refractivity contribution in [2.24, 2.45) is 4.99 Å². The van der Waals surface area contributed by atoms with Gasteiger partial charge in [0.2, 0.25) is 0 Å². The number of amidine groups is 1. The Balaban J connectivity index is 1.62. The van der Waals surface area contributed by atoms with Gasteiger partial charge in [-0.1, -0.05) is 23.9 Å². The number of rotatable bonds is 2. The zero-order valence-corrected chi connectivity index (χ0v) is 15.3. The first-order valence-corrected chi connectivity index (χ1v) is 9.55. The number of thioether (sulfide) groups is 1. The van der Waals surface area contributed by atoms with Crippen LogP contribution in [-0.4, -0.2) is 40.7 Å². The van der Waals surface area contributed by atoms with Crippen LogP contribution in [0.2, 0.25) is 0 Å². The van der Waals surface area contributed by atoms with E-state index in [4.69, 9.17) is 4.74 Å². The van der Waals surface area contributed by atoms with Crippen molar-refractivity contribution in [2.75, 3.05) is 25.0 Å². The second kappa shape index (κ2) is 6.59. The van der Waals surface area contributed by atoms with Gasteiger partial charge in [0.05, 0.1) is 17.5 Å². The Kier molecular flexibility index (Phi) is 4.04. The molecule has 5 rings (SSSR count). The van der Waals surface area contributed by atoms with Gasteiger partial charge in [0, 0.05) is 24.4 Å². The molecule has 0 fully saturated rings. The summed E-state index contributed by atoms with van der Waals surface area (Å²) in [6, 6.07) is 7.49. The third kappa shape index (κ3) is 2.91. The summed E-state index contributed by atoms with van der Waals surface area (Å²) in [6.45, 7) is 1.17. The number of anilines is 1. The van der Waals surface area contributed by atoms with Crippen LogP contribution in [0.25, 0.3) is 5.57 Å². The quantitative estimate of drug-likeness (QED) is 0.839. The molecule has 1 N–H and O–H groups in total. The van der Waals surface area contributed by atoms with E-state index in [1.54, 1.807) is 12.1 Å². The van der Waals surface area contributed by atoms with E-state index >= 15 is 0 Å². The summed E-state index contributed by atoms with van der Waals surface area (Å²) in [6.07, 6.45) is 1.90. The minimum Gasteiger partial charge on any atom is -0.477 e. The topological polar surface area (TPSA) is 66.8 Å². The maximum Gasteiger partial charge on any atom is 0.263 e. The second-order valence-corrected chi connectivity index (χ2v) is 7.57. The molecule has 6 nitrogen and oxygen atoms in total. The third-order valence-electron chi connectivity index (χ3n) is 4.64. The van der Waals surface area contributed by atoms with Crippen molar-refractivity contribution in [3.05, 3.63) is 59.4 Å². The predicted molar refractivity (Wildman–Crippen MR) is 102 cm³/mol. The molecule has 1 aromatic heterocycles. The first-order valence-electron chi connectivity index (χ1n) is 8.67. The molecule has 0 radical (unpaired) electrons. The number of pyridine rings is 1. The Morgan fingerprint density at radius 2 is 2.07 bits per heavy atom. The van der Waals surface area contributed by atoms with Crippen LogP contribution in [0.15, 0.2) is 41.5 Å². The first-order chi connectivity index (χ1) is 13.6. The number of ether oxygens (including phenoxy) is 1. The molecule has 1 atom stereocenters. The number of nitrogens with zero attached hydrogens (tertiary/aromatic N) is 3. The molecule has 0 bridgehead atoms. The van der Waals surface area contributed by atoms with Crippen LogP contribution in [0, 0.1) is 11.6 Å². The fourth-order valence-corrected chi connectivity index (χ4v) is 4.59. The summed E-state index contributed by atoms with van der Waals surface area (Å²) in [5, 5.41) is 3.18. The Labute approximate surface area is 163 Å². The third-order valence-corrected chi connectivity index (χ3v) is 5.97. The Hall–Kier alpha value is -2.94. The molecular weight excluding hydrogens is 386 g/mol. The summed E-state index contributed by atoms with van der Waals surface area (Å²) in [5.41, 5.74) is 1.99. The molecule has 0 saturated heterocycles. The van der Waals surface area contributed by atoms with E-state index in [-0.39, 0.29) is 35.1 Å². The minimum atomic E-state index is -0.593. The van der Waals surface area contributed by atoms with E-state index in [0.29, 0.717) is 12.2 Å². The number of carbonyl (C=O) groups is 1. The van der Waals surface area contributed by atoms with Crippen LogP contribution in [0.1, 0.15) is 16.5 Å². The maximum atomic E-state index is 14.6. The monoisotopic (exact) mass is 400 g/mol. The average molecular weight is 400 g/mol. The van der Waals surface area contributed by atoms with Crippen LogP contribution in [0.4, 0.5) is 14.6 Å². The zero-order chi connectivity index (χ0) is 19.3. The van der Waals surface area contributed by atoms with Crippen molar-refractivity contribution in [2.45, 2.75) is 5.25 Å². The smallest absolute Gasteiger partial charge is 0.263 e. The van der Waals surface area contributed by atoms with Gasteiger partial charge >= 0.3 is 0 Å². The molecule has 3 aliphatic rings. The van der Waals surface area contributed by atoms with E-state index in [0.717, 1.165) is 22.8 Å². The highest BCUT2D eigenvalue weighted by atomic mass is 32.2. The fraction of sp³-hybridized carbons (Fsp3) is 0.211. The van der Waals surface area contributed by atoms with Crippen molar-refractivity contribution in [3.8, 4) is 5.75 Å². The van der Waals surface area contributed by atoms with E-state index < -0.39 is 5.82 Å². The van der Waals surface area contributed by atoms with Crippen molar-refractivity contribution < 1.29 is 18.3 Å². The molecule has 1 amide bonds. The van der Waals surface area contributed by atoms with Crippen molar-refractivity contribution >= 4 is 34.2 Å². The normalized spacial score (nSPS) is 20.6. The van der Waals surface area contributed by atoms with Gasteiger partial charge in [-0.25, -0.2) is 13.8 Å². The lowest BCUT2D eigenvalue weighted by atomic mass is 10.0. The second-order valence-electron chi connectivity index (χ2n) is 6.50. The number of nitrogens with one attached hydrogen (secondary N) is 1. The number of aromatic nitrogens is 1. The Morgan fingerprint density at radius 1 is 1.25 bits per heavy atom. The molecule has 0 saturated carbocycles. The standard InChI is InChI=1S/C19H14F2N4O2S/c20-11-3-1-10(2-4-11)17-12(8-25-6-5-22-19(25)28-17)14-7-13(21)16-18(23-14)24-15(26)9-27-16/h1-4,7-8,17H,5-6,9H2,(H,23,24,26). The van der Waals surface area contributed by atoms with E-state index in [1.165, 1.54) is 30.0 Å². The highest BCUT2D eigenvalue weighted by Crippen LogP contribution is 2.47. The highest BCUT2D eigenvalue weighted by Gasteiger charge is 2.33. The van der Waals surface area contributed by atoms with Gasteiger partial charge in [-0.05, 0) is 17.7 Å². The molecular formula is C19H14F2N4O2S. The molecule has 4 heterocycles. The number of hydrogen-bond donors (Lipinski definition) is 1. The summed E-state index contributed by atoms with van der Waals surface area (Å²) in [4.78, 5) is 22.5. The summed E-state index contributed by atoms with van der Waals surface area (Å²) < 4.78 is 33.2. The summed E-state index contributed by atoms with van der Waals surface area (Å²) in [7, 11) is 0. The van der Waals surface area contributed by atoms with Crippen LogP contribution in [0.3, 0.4) is 0 Å². The van der Waals surface area contributed by atoms with Crippen molar-refractivity contribution in [1.29, 1.82) is 0 Å². The van der Waals surface area contributed by atoms with Crippen LogP contribution < -0.4 is 10.1 Å². The van der Waals surface area contributed by atoms with E-state index in [1.807, 2.05) is 11.1 Å². The Bertz CT molecular complexity index is 1040. The van der Waals surface area contributed by atoms with Gasteiger partial charge in [0.25, 0.3) is 5.91 Å². The summed E-state index contributed by atoms with van der Waals surface area (Å²) in [5.74, 6) is -1.30.